The summed E-state index contributed by atoms with van der Waals surface area (Å²) in [6.45, 7) is 5.50. The third kappa shape index (κ3) is 5.43. The van der Waals surface area contributed by atoms with Crippen molar-refractivity contribution >= 4 is 34.2 Å². The first-order valence-electron chi connectivity index (χ1n) is 13.0. The molecule has 0 radical (unpaired) electrons. The first kappa shape index (κ1) is 25.4. The van der Waals surface area contributed by atoms with Gasteiger partial charge in [0.2, 0.25) is 11.8 Å². The summed E-state index contributed by atoms with van der Waals surface area (Å²) in [4.78, 5) is 42.9. The summed E-state index contributed by atoms with van der Waals surface area (Å²) in [6, 6.07) is 21.3. The van der Waals surface area contributed by atoms with E-state index in [9.17, 15) is 14.4 Å². The van der Waals surface area contributed by atoms with E-state index in [0.717, 1.165) is 34.0 Å². The number of hydrogen-bond acceptors (Lipinski definition) is 3. The zero-order chi connectivity index (χ0) is 25.5. The number of benzene rings is 3. The average molecular weight is 486 g/mol. The van der Waals surface area contributed by atoms with Gasteiger partial charge < -0.3 is 15.1 Å². The summed E-state index contributed by atoms with van der Waals surface area (Å²) < 4.78 is 0. The van der Waals surface area contributed by atoms with Gasteiger partial charge in [-0.15, -0.1) is 0 Å². The van der Waals surface area contributed by atoms with Gasteiger partial charge in [-0.1, -0.05) is 68.4 Å². The number of carbonyl (C=O) groups is 3. The Morgan fingerprint density at radius 2 is 1.72 bits per heavy atom. The van der Waals surface area contributed by atoms with E-state index < -0.39 is 6.04 Å². The van der Waals surface area contributed by atoms with E-state index in [1.54, 1.807) is 9.80 Å². The second-order valence-electron chi connectivity index (χ2n) is 9.28. The Labute approximate surface area is 213 Å². The minimum absolute atomic E-state index is 0.0134. The summed E-state index contributed by atoms with van der Waals surface area (Å²) in [6.07, 6.45) is 2.90. The van der Waals surface area contributed by atoms with Crippen LogP contribution in [-0.4, -0.2) is 48.3 Å². The second-order valence-corrected chi connectivity index (χ2v) is 9.28. The number of anilines is 1. The molecular formula is C30H35N3O3. The minimum atomic E-state index is -0.501. The fraction of sp³-hybridized carbons (Fsp3) is 0.367. The van der Waals surface area contributed by atoms with Crippen molar-refractivity contribution in [2.45, 2.75) is 52.0 Å². The lowest BCUT2D eigenvalue weighted by Crippen LogP contribution is -2.50. The molecule has 1 heterocycles. The quantitative estimate of drug-likeness (QED) is 0.394. The fourth-order valence-corrected chi connectivity index (χ4v) is 5.00. The zero-order valence-corrected chi connectivity index (χ0v) is 21.2. The van der Waals surface area contributed by atoms with Gasteiger partial charge in [0, 0.05) is 37.0 Å². The van der Waals surface area contributed by atoms with Gasteiger partial charge in [0.15, 0.2) is 0 Å². The molecule has 0 aliphatic carbocycles. The van der Waals surface area contributed by atoms with Crippen LogP contribution in [-0.2, 0) is 16.0 Å². The Hall–Kier alpha value is -3.67. The van der Waals surface area contributed by atoms with Gasteiger partial charge in [0.1, 0.15) is 6.04 Å². The largest absolute Gasteiger partial charge is 0.354 e. The van der Waals surface area contributed by atoms with E-state index in [-0.39, 0.29) is 24.1 Å². The standard InChI is InChI=1S/C30H35N3O3/c1-3-19-31-29(35)25(4-2)32(21-18-22-11-6-5-7-12-22)27(34)17-10-20-33-26-16-9-14-23-13-8-15-24(28(23)26)30(33)36/h5-9,11-16,25H,3-4,10,17-21H2,1-2H3,(H,31,35). The average Bonchev–Trinajstić information content (AvgIpc) is 3.18. The van der Waals surface area contributed by atoms with Crippen LogP contribution in [0, 0.1) is 0 Å². The molecule has 0 saturated heterocycles. The van der Waals surface area contributed by atoms with Crippen LogP contribution in [0.25, 0.3) is 10.8 Å². The van der Waals surface area contributed by atoms with Crippen molar-refractivity contribution in [3.8, 4) is 0 Å². The van der Waals surface area contributed by atoms with Gasteiger partial charge >= 0.3 is 0 Å². The predicted molar refractivity (Wildman–Crippen MR) is 144 cm³/mol. The van der Waals surface area contributed by atoms with Crippen molar-refractivity contribution in [2.24, 2.45) is 0 Å². The van der Waals surface area contributed by atoms with Gasteiger partial charge in [-0.25, -0.2) is 0 Å². The van der Waals surface area contributed by atoms with Crippen molar-refractivity contribution in [3.05, 3.63) is 77.9 Å². The third-order valence-electron chi connectivity index (χ3n) is 6.84. The van der Waals surface area contributed by atoms with Gasteiger partial charge in [-0.2, -0.15) is 0 Å². The molecule has 1 N–H and O–H groups in total. The smallest absolute Gasteiger partial charge is 0.258 e. The number of rotatable bonds is 12. The van der Waals surface area contributed by atoms with E-state index in [0.29, 0.717) is 38.9 Å². The van der Waals surface area contributed by atoms with Gasteiger partial charge in [0.25, 0.3) is 5.91 Å². The molecule has 1 unspecified atom stereocenters. The molecular weight excluding hydrogens is 450 g/mol. The maximum absolute atomic E-state index is 13.4. The maximum atomic E-state index is 13.4. The van der Waals surface area contributed by atoms with Crippen molar-refractivity contribution in [1.29, 1.82) is 0 Å². The van der Waals surface area contributed by atoms with Crippen molar-refractivity contribution in [3.63, 3.8) is 0 Å². The van der Waals surface area contributed by atoms with Crippen LogP contribution in [0.3, 0.4) is 0 Å². The first-order valence-corrected chi connectivity index (χ1v) is 13.0. The van der Waals surface area contributed by atoms with Crippen LogP contribution >= 0.6 is 0 Å². The lowest BCUT2D eigenvalue weighted by Gasteiger charge is -2.31. The molecule has 188 valence electrons. The van der Waals surface area contributed by atoms with Crippen molar-refractivity contribution in [2.75, 3.05) is 24.5 Å². The number of amides is 3. The Kier molecular flexibility index (Phi) is 8.36. The van der Waals surface area contributed by atoms with E-state index in [4.69, 9.17) is 0 Å². The highest BCUT2D eigenvalue weighted by Gasteiger charge is 2.31. The van der Waals surface area contributed by atoms with Gasteiger partial charge in [-0.3, -0.25) is 14.4 Å². The highest BCUT2D eigenvalue weighted by molar-refractivity contribution is 6.25. The molecule has 0 fully saturated rings. The summed E-state index contributed by atoms with van der Waals surface area (Å²) in [7, 11) is 0. The van der Waals surface area contributed by atoms with Gasteiger partial charge in [0.05, 0.1) is 5.69 Å². The van der Waals surface area contributed by atoms with Crippen molar-refractivity contribution in [1.82, 2.24) is 10.2 Å². The number of nitrogens with one attached hydrogen (secondary N) is 1. The van der Waals surface area contributed by atoms with Crippen LogP contribution < -0.4 is 10.2 Å². The molecule has 1 atom stereocenters. The molecule has 3 aromatic rings. The van der Waals surface area contributed by atoms with Crippen LogP contribution in [0.1, 0.15) is 55.5 Å². The lowest BCUT2D eigenvalue weighted by atomic mass is 10.1. The molecule has 0 bridgehead atoms. The molecule has 6 nitrogen and oxygen atoms in total. The molecule has 4 rings (SSSR count). The maximum Gasteiger partial charge on any atom is 0.258 e. The summed E-state index contributed by atoms with van der Waals surface area (Å²) in [5, 5.41) is 4.99. The van der Waals surface area contributed by atoms with E-state index in [1.165, 1.54) is 0 Å². The van der Waals surface area contributed by atoms with E-state index in [2.05, 4.69) is 5.32 Å². The summed E-state index contributed by atoms with van der Waals surface area (Å²) in [5.74, 6) is -0.162. The molecule has 0 spiro atoms. The molecule has 0 saturated carbocycles. The Morgan fingerprint density at radius 1 is 0.972 bits per heavy atom. The molecule has 6 heteroatoms. The molecule has 1 aliphatic rings. The SMILES string of the molecule is CCCNC(=O)C(CC)N(CCc1ccccc1)C(=O)CCCN1C(=O)c2cccc3cccc1c23. The molecule has 36 heavy (non-hydrogen) atoms. The number of carbonyl (C=O) groups excluding carboxylic acids is 3. The van der Waals surface area contributed by atoms with Gasteiger partial charge in [-0.05, 0) is 48.8 Å². The highest BCUT2D eigenvalue weighted by Crippen LogP contribution is 2.37. The minimum Gasteiger partial charge on any atom is -0.354 e. The van der Waals surface area contributed by atoms with Crippen LogP contribution in [0.4, 0.5) is 5.69 Å². The van der Waals surface area contributed by atoms with Crippen LogP contribution in [0.5, 0.6) is 0 Å². The Morgan fingerprint density at radius 3 is 2.44 bits per heavy atom. The first-order chi connectivity index (χ1) is 17.5. The molecule has 3 aromatic carbocycles. The Balaban J connectivity index is 1.44. The number of hydrogen-bond donors (Lipinski definition) is 1. The summed E-state index contributed by atoms with van der Waals surface area (Å²) in [5.41, 5.74) is 2.76. The molecule has 3 amide bonds. The van der Waals surface area contributed by atoms with E-state index in [1.807, 2.05) is 80.6 Å². The zero-order valence-electron chi connectivity index (χ0n) is 21.2. The summed E-state index contributed by atoms with van der Waals surface area (Å²) >= 11 is 0. The molecule has 1 aliphatic heterocycles. The lowest BCUT2D eigenvalue weighted by molar-refractivity contribution is -0.140. The fourth-order valence-electron chi connectivity index (χ4n) is 5.00. The molecule has 0 aromatic heterocycles. The van der Waals surface area contributed by atoms with Crippen LogP contribution in [0.2, 0.25) is 0 Å². The van der Waals surface area contributed by atoms with Crippen molar-refractivity contribution < 1.29 is 14.4 Å². The predicted octanol–water partition coefficient (Wildman–Crippen LogP) is 4.96. The topological polar surface area (TPSA) is 69.7 Å². The van der Waals surface area contributed by atoms with Crippen LogP contribution in [0.15, 0.2) is 66.7 Å². The Bertz CT molecular complexity index is 1220. The number of nitrogens with zero attached hydrogens (tertiary/aromatic N) is 2. The second kappa shape index (κ2) is 11.8. The third-order valence-corrected chi connectivity index (χ3v) is 6.84. The normalized spacial score (nSPS) is 13.2. The monoisotopic (exact) mass is 485 g/mol. The highest BCUT2D eigenvalue weighted by atomic mass is 16.2. The van der Waals surface area contributed by atoms with E-state index >= 15 is 0 Å².